The Morgan fingerprint density at radius 3 is 2.66 bits per heavy atom. The first-order valence-corrected chi connectivity index (χ1v) is 12.0. The summed E-state index contributed by atoms with van der Waals surface area (Å²) in [4.78, 5) is 5.77. The van der Waals surface area contributed by atoms with Crippen LogP contribution in [0.4, 0.5) is 5.69 Å². The van der Waals surface area contributed by atoms with Crippen molar-refractivity contribution in [3.05, 3.63) is 95.3 Å². The summed E-state index contributed by atoms with van der Waals surface area (Å²) in [5.74, 6) is 2.28. The van der Waals surface area contributed by atoms with Crippen molar-refractivity contribution in [1.29, 1.82) is 0 Å². The highest BCUT2D eigenvalue weighted by atomic mass is 16.6. The van der Waals surface area contributed by atoms with E-state index in [-0.39, 0.29) is 6.10 Å². The van der Waals surface area contributed by atoms with Crippen molar-refractivity contribution in [2.75, 3.05) is 12.1 Å². The number of aromatic amines is 1. The molecule has 2 heterocycles. The Bertz CT molecular complexity index is 1180. The molecule has 0 radical (unpaired) electrons. The first-order valence-electron chi connectivity index (χ1n) is 12.0. The third kappa shape index (κ3) is 6.16. The van der Waals surface area contributed by atoms with Gasteiger partial charge in [-0.2, -0.15) is 0 Å². The minimum atomic E-state index is -0.202. The van der Waals surface area contributed by atoms with E-state index in [0.717, 1.165) is 60.4 Å². The molecule has 4 aromatic rings. The van der Waals surface area contributed by atoms with Crippen molar-refractivity contribution in [3.8, 4) is 11.5 Å². The van der Waals surface area contributed by atoms with Crippen molar-refractivity contribution < 1.29 is 14.3 Å². The van der Waals surface area contributed by atoms with Gasteiger partial charge in [-0.1, -0.05) is 54.6 Å². The van der Waals surface area contributed by atoms with Gasteiger partial charge in [0.05, 0.1) is 13.2 Å². The molecule has 1 aliphatic rings. The van der Waals surface area contributed by atoms with Gasteiger partial charge < -0.3 is 9.47 Å². The number of nitrogens with zero attached hydrogens (tertiary/aromatic N) is 3. The maximum absolute atomic E-state index is 6.17. The summed E-state index contributed by atoms with van der Waals surface area (Å²) in [6.45, 7) is 1.13. The van der Waals surface area contributed by atoms with E-state index in [1.165, 1.54) is 5.56 Å². The van der Waals surface area contributed by atoms with Crippen LogP contribution in [-0.2, 0) is 24.3 Å². The van der Waals surface area contributed by atoms with Crippen LogP contribution in [0.3, 0.4) is 0 Å². The number of unbranched alkanes of at least 4 members (excludes halogenated alkanes) is 1. The lowest BCUT2D eigenvalue weighted by Crippen LogP contribution is -2.18. The van der Waals surface area contributed by atoms with E-state index in [9.17, 15) is 0 Å². The quantitative estimate of drug-likeness (QED) is 0.229. The third-order valence-electron chi connectivity index (χ3n) is 6.01. The van der Waals surface area contributed by atoms with E-state index < -0.39 is 0 Å². The molecular weight excluding hydrogens is 442 g/mol. The van der Waals surface area contributed by atoms with Gasteiger partial charge in [0.2, 0.25) is 0 Å². The van der Waals surface area contributed by atoms with Crippen molar-refractivity contribution in [1.82, 2.24) is 20.6 Å². The zero-order valence-electron chi connectivity index (χ0n) is 19.5. The van der Waals surface area contributed by atoms with Gasteiger partial charge >= 0.3 is 0 Å². The number of aromatic nitrogens is 4. The van der Waals surface area contributed by atoms with Crippen molar-refractivity contribution >= 4 is 5.69 Å². The van der Waals surface area contributed by atoms with Gasteiger partial charge in [0.25, 0.3) is 0 Å². The van der Waals surface area contributed by atoms with Crippen molar-refractivity contribution in [2.24, 2.45) is 0 Å². The summed E-state index contributed by atoms with van der Waals surface area (Å²) < 4.78 is 12.1. The Morgan fingerprint density at radius 1 is 0.943 bits per heavy atom. The SMILES string of the molecule is c1ccc(CCCCOc2ccc(CONc3cccc4c3OC(c3nnn[nH]3)CC4)cc2)cc1. The number of aryl methyl sites for hydroxylation is 2. The van der Waals surface area contributed by atoms with E-state index in [4.69, 9.17) is 14.3 Å². The molecule has 0 fully saturated rings. The standard InChI is InChI=1S/C27H29N5O3/c1-2-7-20(8-3-1)9-4-5-18-33-23-15-12-21(13-16-23)19-34-30-24-11-6-10-22-14-17-25(35-26(22)24)27-28-31-32-29-27/h1-3,6-8,10-13,15-16,25,30H,4-5,9,14,17-19H2,(H,28,29,31,32). The van der Waals surface area contributed by atoms with Crippen LogP contribution >= 0.6 is 0 Å². The molecule has 1 aromatic heterocycles. The van der Waals surface area contributed by atoms with Crippen LogP contribution in [0.1, 0.15) is 47.9 Å². The van der Waals surface area contributed by atoms with Crippen LogP contribution in [0.2, 0.25) is 0 Å². The average Bonchev–Trinajstić information content (AvgIpc) is 3.45. The molecule has 1 aliphatic heterocycles. The van der Waals surface area contributed by atoms with Gasteiger partial charge in [-0.05, 0) is 77.4 Å². The first kappa shape index (κ1) is 22.9. The zero-order valence-corrected chi connectivity index (χ0v) is 19.5. The fraction of sp³-hybridized carbons (Fsp3) is 0.296. The molecule has 1 unspecified atom stereocenters. The molecule has 8 nitrogen and oxygen atoms in total. The zero-order chi connectivity index (χ0) is 23.7. The molecule has 2 N–H and O–H groups in total. The Balaban J connectivity index is 1.06. The predicted molar refractivity (Wildman–Crippen MR) is 132 cm³/mol. The minimum absolute atomic E-state index is 0.202. The highest BCUT2D eigenvalue weighted by Crippen LogP contribution is 2.39. The summed E-state index contributed by atoms with van der Waals surface area (Å²) in [6.07, 6.45) is 4.72. The predicted octanol–water partition coefficient (Wildman–Crippen LogP) is 5.21. The second-order valence-corrected chi connectivity index (χ2v) is 8.55. The molecular formula is C27H29N5O3. The molecule has 0 aliphatic carbocycles. The normalized spacial score (nSPS) is 14.7. The maximum Gasteiger partial charge on any atom is 0.189 e. The fourth-order valence-electron chi connectivity index (χ4n) is 4.13. The molecule has 0 saturated carbocycles. The molecule has 0 bridgehead atoms. The Hall–Kier alpha value is -3.91. The average molecular weight is 472 g/mol. The topological polar surface area (TPSA) is 94.2 Å². The Labute approximate surface area is 204 Å². The number of ether oxygens (including phenoxy) is 2. The second kappa shape index (κ2) is 11.5. The van der Waals surface area contributed by atoms with Crippen LogP contribution in [0.5, 0.6) is 11.5 Å². The fourth-order valence-corrected chi connectivity index (χ4v) is 4.13. The van der Waals surface area contributed by atoms with Crippen LogP contribution in [-0.4, -0.2) is 27.2 Å². The lowest BCUT2D eigenvalue weighted by molar-refractivity contribution is 0.157. The van der Waals surface area contributed by atoms with Gasteiger partial charge in [0.15, 0.2) is 11.9 Å². The number of para-hydroxylation sites is 1. The Kier molecular flexibility index (Phi) is 7.50. The molecule has 0 amide bonds. The van der Waals surface area contributed by atoms with Gasteiger partial charge in [0, 0.05) is 0 Å². The Morgan fingerprint density at radius 2 is 1.83 bits per heavy atom. The number of benzene rings is 3. The monoisotopic (exact) mass is 471 g/mol. The van der Waals surface area contributed by atoms with Gasteiger partial charge in [-0.25, -0.2) is 5.10 Å². The number of hydrogen-bond acceptors (Lipinski definition) is 7. The molecule has 3 aromatic carbocycles. The number of rotatable bonds is 11. The van der Waals surface area contributed by atoms with Gasteiger partial charge in [0.1, 0.15) is 17.2 Å². The smallest absolute Gasteiger partial charge is 0.189 e. The molecule has 35 heavy (non-hydrogen) atoms. The number of tetrazole rings is 1. The maximum atomic E-state index is 6.17. The number of anilines is 1. The first-order chi connectivity index (χ1) is 17.3. The van der Waals surface area contributed by atoms with E-state index >= 15 is 0 Å². The second-order valence-electron chi connectivity index (χ2n) is 8.55. The van der Waals surface area contributed by atoms with Gasteiger partial charge in [-0.15, -0.1) is 5.10 Å². The summed E-state index contributed by atoms with van der Waals surface area (Å²) in [5.41, 5.74) is 7.39. The number of hydrogen-bond donors (Lipinski definition) is 2. The molecule has 0 spiro atoms. The summed E-state index contributed by atoms with van der Waals surface area (Å²) in [5, 5.41) is 14.1. The summed E-state index contributed by atoms with van der Waals surface area (Å²) in [7, 11) is 0. The van der Waals surface area contributed by atoms with Crippen LogP contribution < -0.4 is 15.0 Å². The number of nitrogens with one attached hydrogen (secondary N) is 2. The number of fused-ring (bicyclic) bond motifs is 1. The number of H-pyrrole nitrogens is 1. The van der Waals surface area contributed by atoms with Crippen molar-refractivity contribution in [3.63, 3.8) is 0 Å². The highest BCUT2D eigenvalue weighted by Gasteiger charge is 2.26. The molecule has 1 atom stereocenters. The lowest BCUT2D eigenvalue weighted by atomic mass is 10.0. The van der Waals surface area contributed by atoms with Gasteiger partial charge in [-0.3, -0.25) is 10.3 Å². The van der Waals surface area contributed by atoms with E-state index in [1.807, 2.05) is 36.4 Å². The lowest BCUT2D eigenvalue weighted by Gasteiger charge is -2.26. The molecule has 180 valence electrons. The van der Waals surface area contributed by atoms with E-state index in [0.29, 0.717) is 19.0 Å². The summed E-state index contributed by atoms with van der Waals surface area (Å²) in [6, 6.07) is 24.6. The molecule has 0 saturated heterocycles. The highest BCUT2D eigenvalue weighted by molar-refractivity contribution is 5.60. The summed E-state index contributed by atoms with van der Waals surface area (Å²) >= 11 is 0. The molecule has 8 heteroatoms. The molecule has 5 rings (SSSR count). The van der Waals surface area contributed by atoms with E-state index in [2.05, 4.69) is 62.5 Å². The largest absolute Gasteiger partial charge is 0.494 e. The van der Waals surface area contributed by atoms with Crippen LogP contribution in [0.25, 0.3) is 0 Å². The third-order valence-corrected chi connectivity index (χ3v) is 6.01. The van der Waals surface area contributed by atoms with Crippen LogP contribution in [0.15, 0.2) is 72.8 Å². The van der Waals surface area contributed by atoms with Crippen molar-refractivity contribution in [2.45, 2.75) is 44.8 Å². The minimum Gasteiger partial charge on any atom is -0.494 e. The van der Waals surface area contributed by atoms with E-state index in [1.54, 1.807) is 0 Å². The van der Waals surface area contributed by atoms with Crippen LogP contribution in [0, 0.1) is 0 Å².